The molecule has 7 heteroatoms. The van der Waals surface area contributed by atoms with Gasteiger partial charge < -0.3 is 10.6 Å². The zero-order valence-corrected chi connectivity index (χ0v) is 14.2. The summed E-state index contributed by atoms with van der Waals surface area (Å²) in [6.45, 7) is 3.80. The van der Waals surface area contributed by atoms with Crippen LogP contribution in [0.1, 0.15) is 48.4 Å². The molecule has 0 spiro atoms. The lowest BCUT2D eigenvalue weighted by Crippen LogP contribution is -2.54. The van der Waals surface area contributed by atoms with Gasteiger partial charge in [0.25, 0.3) is 0 Å². The second-order valence-corrected chi connectivity index (χ2v) is 6.81. The van der Waals surface area contributed by atoms with Crippen LogP contribution in [0.3, 0.4) is 0 Å². The predicted octanol–water partition coefficient (Wildman–Crippen LogP) is 3.28. The molecule has 0 radical (unpaired) electrons. The Bertz CT molecular complexity index is 730. The van der Waals surface area contributed by atoms with Crippen molar-refractivity contribution in [1.82, 2.24) is 10.6 Å². The third-order valence-corrected chi connectivity index (χ3v) is 5.17. The van der Waals surface area contributed by atoms with E-state index in [4.69, 9.17) is 0 Å². The van der Waals surface area contributed by atoms with Crippen LogP contribution in [-0.2, 0) is 16.0 Å². The molecule has 2 amide bonds. The highest BCUT2D eigenvalue weighted by molar-refractivity contribution is 6.01. The van der Waals surface area contributed by atoms with Gasteiger partial charge in [0.05, 0.1) is 6.04 Å². The van der Waals surface area contributed by atoms with Crippen molar-refractivity contribution >= 4 is 17.9 Å². The van der Waals surface area contributed by atoms with Gasteiger partial charge in [0, 0.05) is 0 Å². The van der Waals surface area contributed by atoms with E-state index in [0.29, 0.717) is 0 Å². The molecule has 1 aliphatic heterocycles. The Morgan fingerprint density at radius 3 is 2.69 bits per heavy atom. The van der Waals surface area contributed by atoms with Crippen molar-refractivity contribution in [1.29, 1.82) is 0 Å². The monoisotopic (exact) mass is 366 g/mol. The molecule has 0 aromatic heterocycles. The quantitative estimate of drug-likeness (QED) is 0.807. The molecule has 1 heterocycles. The fourth-order valence-corrected chi connectivity index (χ4v) is 3.79. The lowest BCUT2D eigenvalue weighted by Gasteiger charge is -2.32. The zero-order valence-electron chi connectivity index (χ0n) is 14.2. The van der Waals surface area contributed by atoms with Crippen LogP contribution in [0.15, 0.2) is 24.8 Å². The fraction of sp³-hybridized carbons (Fsp3) is 0.474. The van der Waals surface area contributed by atoms with E-state index in [9.17, 15) is 22.8 Å². The van der Waals surface area contributed by atoms with Gasteiger partial charge in [-0.05, 0) is 48.8 Å². The Balaban J connectivity index is 1.70. The number of hydrogen-bond donors (Lipinski definition) is 2. The summed E-state index contributed by atoms with van der Waals surface area (Å²) in [5.74, 6) is -2.45. The Morgan fingerprint density at radius 1 is 1.27 bits per heavy atom. The maximum atomic E-state index is 12.7. The van der Waals surface area contributed by atoms with Crippen molar-refractivity contribution in [3.05, 3.63) is 41.5 Å². The molecule has 4 nitrogen and oxygen atoms in total. The molecule has 26 heavy (non-hydrogen) atoms. The molecule has 0 saturated carbocycles. The lowest BCUT2D eigenvalue weighted by molar-refractivity contribution is -0.171. The number of piperidine rings is 1. The van der Waals surface area contributed by atoms with Crippen molar-refractivity contribution in [2.75, 3.05) is 0 Å². The van der Waals surface area contributed by atoms with E-state index in [1.807, 2.05) is 23.5 Å². The SMILES string of the molecule is C=Cc1cccc2c1CCCC2NC(=O)C1CCC(C(F)(F)F)NC1=O. The third-order valence-electron chi connectivity index (χ3n) is 5.17. The first-order valence-corrected chi connectivity index (χ1v) is 8.73. The molecule has 0 bridgehead atoms. The summed E-state index contributed by atoms with van der Waals surface area (Å²) in [5, 5.41) is 4.79. The number of halogens is 3. The van der Waals surface area contributed by atoms with Gasteiger partial charge in [-0.25, -0.2) is 0 Å². The minimum atomic E-state index is -4.49. The van der Waals surface area contributed by atoms with E-state index in [-0.39, 0.29) is 18.9 Å². The summed E-state index contributed by atoms with van der Waals surface area (Å²) in [4.78, 5) is 24.5. The first kappa shape index (κ1) is 18.5. The summed E-state index contributed by atoms with van der Waals surface area (Å²) in [6, 6.07) is 3.68. The highest BCUT2D eigenvalue weighted by Gasteiger charge is 2.46. The summed E-state index contributed by atoms with van der Waals surface area (Å²) < 4.78 is 38.2. The van der Waals surface area contributed by atoms with Crippen LogP contribution < -0.4 is 10.6 Å². The zero-order chi connectivity index (χ0) is 18.9. The number of fused-ring (bicyclic) bond motifs is 1. The Hall–Kier alpha value is -2.31. The smallest absolute Gasteiger partial charge is 0.349 e. The Kier molecular flexibility index (Phi) is 5.07. The molecule has 1 saturated heterocycles. The summed E-state index contributed by atoms with van der Waals surface area (Å²) in [7, 11) is 0. The third kappa shape index (κ3) is 3.61. The van der Waals surface area contributed by atoms with Crippen LogP contribution in [-0.4, -0.2) is 24.0 Å². The van der Waals surface area contributed by atoms with Crippen molar-refractivity contribution in [3.8, 4) is 0 Å². The van der Waals surface area contributed by atoms with Gasteiger partial charge in [0.1, 0.15) is 12.0 Å². The molecule has 1 aromatic carbocycles. The number of carbonyl (C=O) groups excluding carboxylic acids is 2. The van der Waals surface area contributed by atoms with Crippen LogP contribution >= 0.6 is 0 Å². The molecular weight excluding hydrogens is 345 g/mol. The van der Waals surface area contributed by atoms with E-state index in [0.717, 1.165) is 36.0 Å². The highest BCUT2D eigenvalue weighted by atomic mass is 19.4. The molecule has 2 aliphatic rings. The van der Waals surface area contributed by atoms with Gasteiger partial charge in [-0.3, -0.25) is 9.59 Å². The van der Waals surface area contributed by atoms with E-state index >= 15 is 0 Å². The number of nitrogens with one attached hydrogen (secondary N) is 2. The number of amides is 2. The molecule has 3 unspecified atom stereocenters. The van der Waals surface area contributed by atoms with Gasteiger partial charge in [0.15, 0.2) is 0 Å². The maximum absolute atomic E-state index is 12.7. The normalized spacial score (nSPS) is 25.8. The molecular formula is C19H21F3N2O2. The number of rotatable bonds is 3. The minimum absolute atomic E-state index is 0.103. The van der Waals surface area contributed by atoms with Crippen molar-refractivity contribution in [2.24, 2.45) is 5.92 Å². The van der Waals surface area contributed by atoms with Gasteiger partial charge >= 0.3 is 6.18 Å². The summed E-state index contributed by atoms with van der Waals surface area (Å²) in [6.07, 6.45) is -0.589. The maximum Gasteiger partial charge on any atom is 0.408 e. The van der Waals surface area contributed by atoms with Crippen molar-refractivity contribution in [3.63, 3.8) is 0 Å². The highest BCUT2D eigenvalue weighted by Crippen LogP contribution is 2.33. The van der Waals surface area contributed by atoms with E-state index in [1.54, 1.807) is 6.08 Å². The lowest BCUT2D eigenvalue weighted by atomic mass is 9.84. The van der Waals surface area contributed by atoms with Crippen LogP contribution in [0.5, 0.6) is 0 Å². The molecule has 2 N–H and O–H groups in total. The average Bonchev–Trinajstić information content (AvgIpc) is 2.60. The first-order valence-electron chi connectivity index (χ1n) is 8.73. The van der Waals surface area contributed by atoms with E-state index < -0.39 is 30.0 Å². The molecule has 1 aliphatic carbocycles. The second kappa shape index (κ2) is 7.13. The van der Waals surface area contributed by atoms with Gasteiger partial charge in [-0.2, -0.15) is 13.2 Å². The van der Waals surface area contributed by atoms with Crippen LogP contribution in [0.2, 0.25) is 0 Å². The first-order chi connectivity index (χ1) is 12.3. The Labute approximate surface area is 149 Å². The van der Waals surface area contributed by atoms with Crippen LogP contribution in [0.4, 0.5) is 13.2 Å². The second-order valence-electron chi connectivity index (χ2n) is 6.81. The largest absolute Gasteiger partial charge is 0.408 e. The minimum Gasteiger partial charge on any atom is -0.349 e. The molecule has 3 atom stereocenters. The fourth-order valence-electron chi connectivity index (χ4n) is 3.79. The number of alkyl halides is 3. The summed E-state index contributed by atoms with van der Waals surface area (Å²) >= 11 is 0. The Morgan fingerprint density at radius 2 is 2.04 bits per heavy atom. The van der Waals surface area contributed by atoms with Crippen LogP contribution in [0, 0.1) is 5.92 Å². The standard InChI is InChI=1S/C19H21F3N2O2/c1-2-11-5-3-7-13-12(11)6-4-8-15(13)23-17(25)14-9-10-16(19(20,21)22)24-18(14)26/h2-3,5,7,14-16H,1,4,6,8-10H2,(H,23,25)(H,24,26). The van der Waals surface area contributed by atoms with Gasteiger partial charge in [-0.1, -0.05) is 30.9 Å². The summed E-state index contributed by atoms with van der Waals surface area (Å²) in [5.41, 5.74) is 3.14. The van der Waals surface area contributed by atoms with E-state index in [1.165, 1.54) is 0 Å². The topological polar surface area (TPSA) is 58.2 Å². The van der Waals surface area contributed by atoms with Crippen molar-refractivity contribution in [2.45, 2.75) is 50.4 Å². The number of hydrogen-bond acceptors (Lipinski definition) is 2. The molecule has 3 rings (SSSR count). The van der Waals surface area contributed by atoms with Gasteiger partial charge in [0.2, 0.25) is 11.8 Å². The number of benzene rings is 1. The molecule has 1 fully saturated rings. The van der Waals surface area contributed by atoms with Crippen molar-refractivity contribution < 1.29 is 22.8 Å². The van der Waals surface area contributed by atoms with E-state index in [2.05, 4.69) is 11.9 Å². The van der Waals surface area contributed by atoms with Crippen LogP contribution in [0.25, 0.3) is 6.08 Å². The average molecular weight is 366 g/mol. The molecule has 140 valence electrons. The molecule has 1 aromatic rings. The van der Waals surface area contributed by atoms with Gasteiger partial charge in [-0.15, -0.1) is 0 Å². The number of carbonyl (C=O) groups is 2. The predicted molar refractivity (Wildman–Crippen MR) is 91.1 cm³/mol.